The highest BCUT2D eigenvalue weighted by molar-refractivity contribution is 4.83. The predicted molar refractivity (Wildman–Crippen MR) is 91.5 cm³/mol. The third-order valence-electron chi connectivity index (χ3n) is 4.51. The van der Waals surface area contributed by atoms with Crippen LogP contribution in [0.2, 0.25) is 0 Å². The Balaban J connectivity index is 4.35. The van der Waals surface area contributed by atoms with E-state index in [1.807, 2.05) is 0 Å². The number of hydrogen-bond donors (Lipinski definition) is 1. The van der Waals surface area contributed by atoms with Gasteiger partial charge in [0.15, 0.2) is 0 Å². The molecule has 0 rings (SSSR count). The fraction of sp³-hybridized carbons (Fsp3) is 1.00. The summed E-state index contributed by atoms with van der Waals surface area (Å²) in [7, 11) is 4.32. The van der Waals surface area contributed by atoms with Gasteiger partial charge in [0, 0.05) is 13.1 Å². The molecule has 0 aliphatic rings. The highest BCUT2D eigenvalue weighted by Gasteiger charge is 2.27. The molecule has 0 saturated carbocycles. The van der Waals surface area contributed by atoms with Crippen molar-refractivity contribution in [2.24, 2.45) is 5.41 Å². The third-order valence-corrected chi connectivity index (χ3v) is 4.51. The number of hydrogen-bond acceptors (Lipinski definition) is 3. The second-order valence-corrected chi connectivity index (χ2v) is 6.41. The van der Waals surface area contributed by atoms with Crippen LogP contribution in [0.3, 0.4) is 0 Å². The van der Waals surface area contributed by atoms with Gasteiger partial charge in [-0.25, -0.2) is 0 Å². The van der Waals surface area contributed by atoms with Gasteiger partial charge in [-0.15, -0.1) is 0 Å². The van der Waals surface area contributed by atoms with Gasteiger partial charge in [0.05, 0.1) is 0 Å². The molecule has 0 spiro atoms. The zero-order chi connectivity index (χ0) is 15.4. The molecule has 0 fully saturated rings. The van der Waals surface area contributed by atoms with Crippen LogP contribution < -0.4 is 5.32 Å². The summed E-state index contributed by atoms with van der Waals surface area (Å²) in [6.45, 7) is 16.4. The Morgan fingerprint density at radius 3 is 2.05 bits per heavy atom. The minimum Gasteiger partial charge on any atom is -0.316 e. The molecular formula is C17H39N3. The summed E-state index contributed by atoms with van der Waals surface area (Å²) in [5.41, 5.74) is 0.448. The smallest absolute Gasteiger partial charge is 0.00498 e. The first-order valence-corrected chi connectivity index (χ1v) is 8.61. The number of nitrogens with one attached hydrogen (secondary N) is 1. The van der Waals surface area contributed by atoms with E-state index >= 15 is 0 Å². The molecule has 0 aliphatic heterocycles. The van der Waals surface area contributed by atoms with E-state index in [0.29, 0.717) is 5.41 Å². The lowest BCUT2D eigenvalue weighted by Gasteiger charge is -2.37. The third kappa shape index (κ3) is 8.23. The Kier molecular flexibility index (Phi) is 11.5. The van der Waals surface area contributed by atoms with Crippen molar-refractivity contribution in [2.75, 3.05) is 53.4 Å². The highest BCUT2D eigenvalue weighted by atomic mass is 15.1. The molecule has 0 aromatic carbocycles. The normalized spacial score (nSPS) is 12.6. The van der Waals surface area contributed by atoms with E-state index in [2.05, 4.69) is 56.9 Å². The maximum absolute atomic E-state index is 3.65. The van der Waals surface area contributed by atoms with Gasteiger partial charge < -0.3 is 15.1 Å². The monoisotopic (exact) mass is 285 g/mol. The quantitative estimate of drug-likeness (QED) is 0.525. The highest BCUT2D eigenvalue weighted by Crippen LogP contribution is 2.27. The van der Waals surface area contributed by atoms with E-state index in [1.165, 1.54) is 51.9 Å². The van der Waals surface area contributed by atoms with Crippen molar-refractivity contribution in [3.05, 3.63) is 0 Å². The molecule has 0 bridgehead atoms. The largest absolute Gasteiger partial charge is 0.316 e. The summed E-state index contributed by atoms with van der Waals surface area (Å²) >= 11 is 0. The van der Waals surface area contributed by atoms with Crippen LogP contribution in [-0.2, 0) is 0 Å². The van der Waals surface area contributed by atoms with Gasteiger partial charge in [-0.1, -0.05) is 27.7 Å². The van der Waals surface area contributed by atoms with Gasteiger partial charge in [0.1, 0.15) is 0 Å². The zero-order valence-corrected chi connectivity index (χ0v) is 15.0. The molecule has 0 saturated heterocycles. The Morgan fingerprint density at radius 2 is 1.60 bits per heavy atom. The molecule has 0 aliphatic carbocycles. The van der Waals surface area contributed by atoms with Crippen molar-refractivity contribution < 1.29 is 0 Å². The van der Waals surface area contributed by atoms with E-state index in [4.69, 9.17) is 0 Å². The minimum atomic E-state index is 0.448. The number of nitrogens with zero attached hydrogens (tertiary/aromatic N) is 2. The van der Waals surface area contributed by atoms with Gasteiger partial charge >= 0.3 is 0 Å². The summed E-state index contributed by atoms with van der Waals surface area (Å²) in [5, 5.41) is 3.65. The Bertz CT molecular complexity index is 212. The van der Waals surface area contributed by atoms with Crippen LogP contribution in [0, 0.1) is 5.41 Å². The Morgan fingerprint density at radius 1 is 0.950 bits per heavy atom. The topological polar surface area (TPSA) is 18.5 Å². The van der Waals surface area contributed by atoms with Crippen LogP contribution in [0.4, 0.5) is 0 Å². The molecule has 1 N–H and O–H groups in total. The average molecular weight is 286 g/mol. The first kappa shape index (κ1) is 19.9. The van der Waals surface area contributed by atoms with Crippen molar-refractivity contribution in [3.8, 4) is 0 Å². The van der Waals surface area contributed by atoms with Gasteiger partial charge in [0.2, 0.25) is 0 Å². The molecule has 122 valence electrons. The van der Waals surface area contributed by atoms with Crippen LogP contribution in [0.25, 0.3) is 0 Å². The van der Waals surface area contributed by atoms with Gasteiger partial charge in [0.25, 0.3) is 0 Å². The summed E-state index contributed by atoms with van der Waals surface area (Å²) in [5.74, 6) is 0. The van der Waals surface area contributed by atoms with E-state index in [1.54, 1.807) is 0 Å². The molecular weight excluding hydrogens is 246 g/mol. The SMILES string of the molecule is CCCNCC(CC)(CC)CN(CC)CCCN(C)C. The fourth-order valence-electron chi connectivity index (χ4n) is 2.74. The molecule has 3 heteroatoms. The zero-order valence-electron chi connectivity index (χ0n) is 15.0. The standard InChI is InChI=1S/C17H39N3/c1-7-12-18-15-17(8-2,9-3)16-20(10-4)14-11-13-19(5)6/h18H,7-16H2,1-6H3. The predicted octanol–water partition coefficient (Wildman–Crippen LogP) is 3.07. The second kappa shape index (κ2) is 11.5. The molecule has 20 heavy (non-hydrogen) atoms. The summed E-state index contributed by atoms with van der Waals surface area (Å²) < 4.78 is 0. The van der Waals surface area contributed by atoms with Crippen LogP contribution in [0.1, 0.15) is 53.4 Å². The maximum Gasteiger partial charge on any atom is 0.00498 e. The lowest BCUT2D eigenvalue weighted by Crippen LogP contribution is -2.44. The van der Waals surface area contributed by atoms with E-state index in [0.717, 1.165) is 13.1 Å². The first-order chi connectivity index (χ1) is 9.53. The van der Waals surface area contributed by atoms with E-state index in [9.17, 15) is 0 Å². The molecule has 0 aromatic rings. The fourth-order valence-corrected chi connectivity index (χ4v) is 2.74. The molecule has 0 amide bonds. The van der Waals surface area contributed by atoms with Crippen LogP contribution in [0.15, 0.2) is 0 Å². The second-order valence-electron chi connectivity index (χ2n) is 6.41. The summed E-state index contributed by atoms with van der Waals surface area (Å²) in [4.78, 5) is 4.92. The van der Waals surface area contributed by atoms with Crippen molar-refractivity contribution in [1.82, 2.24) is 15.1 Å². The Labute approximate surface area is 128 Å². The van der Waals surface area contributed by atoms with Gasteiger partial charge in [-0.2, -0.15) is 0 Å². The van der Waals surface area contributed by atoms with Crippen LogP contribution >= 0.6 is 0 Å². The van der Waals surface area contributed by atoms with E-state index < -0.39 is 0 Å². The molecule has 0 radical (unpaired) electrons. The van der Waals surface area contributed by atoms with Crippen molar-refractivity contribution in [1.29, 1.82) is 0 Å². The Hall–Kier alpha value is -0.120. The van der Waals surface area contributed by atoms with Crippen molar-refractivity contribution in [3.63, 3.8) is 0 Å². The minimum absolute atomic E-state index is 0.448. The van der Waals surface area contributed by atoms with E-state index in [-0.39, 0.29) is 0 Å². The lowest BCUT2D eigenvalue weighted by atomic mass is 9.81. The summed E-state index contributed by atoms with van der Waals surface area (Å²) in [6, 6.07) is 0. The lowest BCUT2D eigenvalue weighted by molar-refractivity contribution is 0.135. The molecule has 0 heterocycles. The first-order valence-electron chi connectivity index (χ1n) is 8.61. The number of rotatable bonds is 13. The van der Waals surface area contributed by atoms with Gasteiger partial charge in [-0.05, 0) is 71.4 Å². The molecule has 0 atom stereocenters. The molecule has 3 nitrogen and oxygen atoms in total. The molecule has 0 aromatic heterocycles. The molecule has 0 unspecified atom stereocenters. The maximum atomic E-state index is 3.65. The van der Waals surface area contributed by atoms with Crippen molar-refractivity contribution in [2.45, 2.75) is 53.4 Å². The van der Waals surface area contributed by atoms with Gasteiger partial charge in [-0.3, -0.25) is 0 Å². The van der Waals surface area contributed by atoms with Crippen LogP contribution in [-0.4, -0.2) is 63.2 Å². The van der Waals surface area contributed by atoms with Crippen molar-refractivity contribution >= 4 is 0 Å². The van der Waals surface area contributed by atoms with Crippen LogP contribution in [0.5, 0.6) is 0 Å². The summed E-state index contributed by atoms with van der Waals surface area (Å²) in [6.07, 6.45) is 5.03. The average Bonchev–Trinajstić information content (AvgIpc) is 2.44.